The Morgan fingerprint density at radius 3 is 2.55 bits per heavy atom. The number of carbonyl (C=O) groups is 1. The van der Waals surface area contributed by atoms with Crippen LogP contribution in [0.25, 0.3) is 16.7 Å². The van der Waals surface area contributed by atoms with Crippen molar-refractivity contribution in [2.24, 2.45) is 7.05 Å². The molecule has 7 nitrogen and oxygen atoms in total. The summed E-state index contributed by atoms with van der Waals surface area (Å²) in [6.07, 6.45) is 1.84. The van der Waals surface area contributed by atoms with Gasteiger partial charge < -0.3 is 5.32 Å². The van der Waals surface area contributed by atoms with E-state index in [0.717, 1.165) is 23.9 Å². The zero-order chi connectivity index (χ0) is 22.0. The second-order valence-electron chi connectivity index (χ2n) is 7.52. The van der Waals surface area contributed by atoms with Gasteiger partial charge in [0, 0.05) is 7.05 Å². The summed E-state index contributed by atoms with van der Waals surface area (Å²) in [5, 5.41) is 12.4. The Morgan fingerprint density at radius 1 is 1.10 bits per heavy atom. The molecular weight excluding hydrogens is 410 g/mol. The molecule has 0 aliphatic carbocycles. The summed E-state index contributed by atoms with van der Waals surface area (Å²) in [5.74, 6) is 0.394. The third-order valence-corrected chi connectivity index (χ3v) is 6.39. The molecule has 0 aliphatic rings. The minimum Gasteiger partial charge on any atom is -0.348 e. The number of thioether (sulfide) groups is 1. The maximum atomic E-state index is 13.0. The topological polar surface area (TPSA) is 81.3 Å². The predicted molar refractivity (Wildman–Crippen MR) is 123 cm³/mol. The van der Waals surface area contributed by atoms with Gasteiger partial charge in [-0.05, 0) is 31.0 Å². The van der Waals surface area contributed by atoms with Gasteiger partial charge in [-0.25, -0.2) is 0 Å². The molecule has 4 rings (SSSR count). The van der Waals surface area contributed by atoms with Crippen molar-refractivity contribution in [3.8, 4) is 0 Å². The fourth-order valence-electron chi connectivity index (χ4n) is 3.68. The molecule has 4 aromatic rings. The normalized spacial score (nSPS) is 13.4. The SMILES string of the molecule is CCCC(NC(=O)C(C)Sc1nnc2n(C)c(=O)c3ccccc3n12)c1ccccc1. The van der Waals surface area contributed by atoms with Crippen molar-refractivity contribution in [3.05, 3.63) is 70.5 Å². The second kappa shape index (κ2) is 8.93. The molecule has 2 aromatic carbocycles. The van der Waals surface area contributed by atoms with E-state index in [4.69, 9.17) is 0 Å². The number of rotatable bonds is 7. The van der Waals surface area contributed by atoms with E-state index in [1.54, 1.807) is 13.1 Å². The van der Waals surface area contributed by atoms with Crippen LogP contribution in [0, 0.1) is 0 Å². The molecule has 0 radical (unpaired) electrons. The number of hydrogen-bond acceptors (Lipinski definition) is 5. The molecule has 1 N–H and O–H groups in total. The number of hydrogen-bond donors (Lipinski definition) is 1. The summed E-state index contributed by atoms with van der Waals surface area (Å²) in [6.45, 7) is 3.97. The van der Waals surface area contributed by atoms with Gasteiger partial charge in [0.05, 0.1) is 22.2 Å². The number of para-hydroxylation sites is 1. The number of aromatic nitrogens is 4. The van der Waals surface area contributed by atoms with Crippen molar-refractivity contribution in [2.75, 3.05) is 0 Å². The van der Waals surface area contributed by atoms with Crippen LogP contribution in [0.5, 0.6) is 0 Å². The zero-order valence-electron chi connectivity index (χ0n) is 17.8. The highest BCUT2D eigenvalue weighted by molar-refractivity contribution is 8.00. The Balaban J connectivity index is 1.62. The van der Waals surface area contributed by atoms with Crippen LogP contribution in [0.4, 0.5) is 0 Å². The van der Waals surface area contributed by atoms with Crippen LogP contribution >= 0.6 is 11.8 Å². The fourth-order valence-corrected chi connectivity index (χ4v) is 4.55. The molecule has 2 unspecified atom stereocenters. The van der Waals surface area contributed by atoms with Crippen LogP contribution in [0.1, 0.15) is 38.3 Å². The summed E-state index contributed by atoms with van der Waals surface area (Å²) in [6, 6.07) is 17.4. The molecule has 1 amide bonds. The molecule has 0 spiro atoms. The summed E-state index contributed by atoms with van der Waals surface area (Å²) >= 11 is 1.33. The molecule has 8 heteroatoms. The lowest BCUT2D eigenvalue weighted by atomic mass is 10.0. The van der Waals surface area contributed by atoms with Gasteiger partial charge in [0.1, 0.15) is 0 Å². The van der Waals surface area contributed by atoms with Gasteiger partial charge in [0.15, 0.2) is 5.16 Å². The van der Waals surface area contributed by atoms with Gasteiger partial charge in [-0.15, -0.1) is 10.2 Å². The fraction of sp³-hybridized carbons (Fsp3) is 0.304. The summed E-state index contributed by atoms with van der Waals surface area (Å²) in [4.78, 5) is 25.6. The van der Waals surface area contributed by atoms with Crippen LogP contribution in [0.3, 0.4) is 0 Å². The second-order valence-corrected chi connectivity index (χ2v) is 8.83. The van der Waals surface area contributed by atoms with Crippen molar-refractivity contribution in [1.82, 2.24) is 24.5 Å². The first-order valence-electron chi connectivity index (χ1n) is 10.4. The van der Waals surface area contributed by atoms with E-state index in [1.807, 2.05) is 59.9 Å². The summed E-state index contributed by atoms with van der Waals surface area (Å²) in [5.41, 5.74) is 1.71. The summed E-state index contributed by atoms with van der Waals surface area (Å²) < 4.78 is 3.32. The average Bonchev–Trinajstić information content (AvgIpc) is 3.21. The number of nitrogens with one attached hydrogen (secondary N) is 1. The smallest absolute Gasteiger partial charge is 0.262 e. The largest absolute Gasteiger partial charge is 0.348 e. The van der Waals surface area contributed by atoms with Gasteiger partial charge in [-0.2, -0.15) is 0 Å². The molecule has 160 valence electrons. The van der Waals surface area contributed by atoms with Gasteiger partial charge in [-0.3, -0.25) is 18.6 Å². The molecule has 0 aliphatic heterocycles. The van der Waals surface area contributed by atoms with Crippen molar-refractivity contribution in [1.29, 1.82) is 0 Å². The van der Waals surface area contributed by atoms with E-state index >= 15 is 0 Å². The highest BCUT2D eigenvalue weighted by atomic mass is 32.2. The van der Waals surface area contributed by atoms with Crippen LogP contribution in [-0.4, -0.2) is 30.3 Å². The third kappa shape index (κ3) is 4.07. The molecule has 0 bridgehead atoms. The molecular formula is C23H25N5O2S. The zero-order valence-corrected chi connectivity index (χ0v) is 18.6. The minimum atomic E-state index is -0.383. The Morgan fingerprint density at radius 2 is 1.81 bits per heavy atom. The van der Waals surface area contributed by atoms with Gasteiger partial charge in [0.25, 0.3) is 5.56 Å². The van der Waals surface area contributed by atoms with Gasteiger partial charge >= 0.3 is 0 Å². The van der Waals surface area contributed by atoms with Crippen molar-refractivity contribution in [2.45, 2.75) is 43.1 Å². The highest BCUT2D eigenvalue weighted by Crippen LogP contribution is 2.26. The predicted octanol–water partition coefficient (Wildman–Crippen LogP) is 3.72. The van der Waals surface area contributed by atoms with Crippen LogP contribution < -0.4 is 10.9 Å². The third-order valence-electron chi connectivity index (χ3n) is 5.34. The number of aryl methyl sites for hydroxylation is 1. The lowest BCUT2D eigenvalue weighted by Crippen LogP contribution is -2.34. The molecule has 0 saturated heterocycles. The molecule has 0 fully saturated rings. The number of benzene rings is 2. The van der Waals surface area contributed by atoms with Crippen molar-refractivity contribution in [3.63, 3.8) is 0 Å². The van der Waals surface area contributed by atoms with Crippen LogP contribution in [0.2, 0.25) is 0 Å². The highest BCUT2D eigenvalue weighted by Gasteiger charge is 2.23. The molecule has 31 heavy (non-hydrogen) atoms. The number of nitrogens with zero attached hydrogens (tertiary/aromatic N) is 4. The standard InChI is InChI=1S/C23H25N5O2S/c1-4-10-18(16-11-6-5-7-12-16)24-20(29)15(2)31-23-26-25-22-27(3)21(30)17-13-8-9-14-19(17)28(22)23/h5-9,11-15,18H,4,10H2,1-3H3,(H,24,29). The Hall–Kier alpha value is -3.13. The summed E-state index contributed by atoms with van der Waals surface area (Å²) in [7, 11) is 1.68. The lowest BCUT2D eigenvalue weighted by molar-refractivity contribution is -0.121. The molecule has 2 atom stereocenters. The van der Waals surface area contributed by atoms with Crippen LogP contribution in [0.15, 0.2) is 64.5 Å². The first-order chi connectivity index (χ1) is 15.0. The Bertz CT molecular complexity index is 1280. The average molecular weight is 436 g/mol. The number of fused-ring (bicyclic) bond motifs is 3. The van der Waals surface area contributed by atoms with E-state index in [1.165, 1.54) is 16.3 Å². The lowest BCUT2D eigenvalue weighted by Gasteiger charge is -2.21. The number of carbonyl (C=O) groups excluding carboxylic acids is 1. The molecule has 2 aromatic heterocycles. The maximum Gasteiger partial charge on any atom is 0.262 e. The first kappa shape index (κ1) is 21.1. The van der Waals surface area contributed by atoms with Crippen molar-refractivity contribution >= 4 is 34.3 Å². The first-order valence-corrected chi connectivity index (χ1v) is 11.2. The Labute approximate surface area is 184 Å². The van der Waals surface area contributed by atoms with E-state index in [9.17, 15) is 9.59 Å². The van der Waals surface area contributed by atoms with Gasteiger partial charge in [-0.1, -0.05) is 67.6 Å². The monoisotopic (exact) mass is 435 g/mol. The van der Waals surface area contributed by atoms with E-state index < -0.39 is 0 Å². The molecule has 0 saturated carbocycles. The minimum absolute atomic E-state index is 0.0291. The Kier molecular flexibility index (Phi) is 6.08. The van der Waals surface area contributed by atoms with E-state index in [-0.39, 0.29) is 22.8 Å². The van der Waals surface area contributed by atoms with E-state index in [2.05, 4.69) is 22.4 Å². The quantitative estimate of drug-likeness (QED) is 0.448. The van der Waals surface area contributed by atoms with E-state index in [0.29, 0.717) is 16.3 Å². The van der Waals surface area contributed by atoms with Gasteiger partial charge in [0.2, 0.25) is 11.7 Å². The number of amides is 1. The van der Waals surface area contributed by atoms with Crippen LogP contribution in [-0.2, 0) is 11.8 Å². The maximum absolute atomic E-state index is 13.0. The molecule has 2 heterocycles. The van der Waals surface area contributed by atoms with Crippen molar-refractivity contribution < 1.29 is 4.79 Å².